The minimum absolute atomic E-state index is 0.0220. The van der Waals surface area contributed by atoms with Gasteiger partial charge in [-0.15, -0.1) is 0 Å². The summed E-state index contributed by atoms with van der Waals surface area (Å²) in [6.45, 7) is 13.4. The van der Waals surface area contributed by atoms with E-state index in [0.717, 1.165) is 57.3 Å². The molecule has 19 heteroatoms. The first-order valence-corrected chi connectivity index (χ1v) is 35.8. The van der Waals surface area contributed by atoms with Crippen LogP contribution in [-0.2, 0) is 59.3 Å². The molecule has 8 saturated heterocycles. The van der Waals surface area contributed by atoms with Crippen LogP contribution in [0.4, 0.5) is 0 Å². The zero-order valence-electron chi connectivity index (χ0n) is 53.0. The lowest BCUT2D eigenvalue weighted by atomic mass is 9.94. The van der Waals surface area contributed by atoms with Crippen LogP contribution in [-0.4, -0.2) is 160 Å². The first-order chi connectivity index (χ1) is 45.2. The van der Waals surface area contributed by atoms with Gasteiger partial charge < -0.3 is 59.8 Å². The van der Waals surface area contributed by atoms with Gasteiger partial charge in [-0.05, 0) is 122 Å². The Morgan fingerprint density at radius 2 is 0.817 bits per heavy atom. The molecule has 7 N–H and O–H groups in total. The van der Waals surface area contributed by atoms with Crippen molar-refractivity contribution in [2.24, 2.45) is 11.5 Å². The van der Waals surface area contributed by atoms with Gasteiger partial charge in [0.25, 0.3) is 0 Å². The highest BCUT2D eigenvalue weighted by atomic mass is 127. The van der Waals surface area contributed by atoms with E-state index in [4.69, 9.17) is 49.4 Å². The maximum atomic E-state index is 11.9. The number of fused-ring (bicyclic) bond motifs is 1. The number of aliphatic hydroxyl groups excluding tert-OH is 1. The molecule has 93 heavy (non-hydrogen) atoms. The molecular weight excluding hydrogens is 1420 g/mol. The average molecular weight is 1510 g/mol. The summed E-state index contributed by atoms with van der Waals surface area (Å²) in [5, 5.41) is 12.7. The number of nitrogens with two attached hydrogens (primary N) is 2. The Morgan fingerprint density at radius 3 is 1.23 bits per heavy atom. The van der Waals surface area contributed by atoms with E-state index in [1.807, 2.05) is 103 Å². The van der Waals surface area contributed by atoms with Gasteiger partial charge in [0.1, 0.15) is 18.8 Å². The van der Waals surface area contributed by atoms with Crippen molar-refractivity contribution in [2.75, 3.05) is 92.5 Å². The molecule has 7 aromatic carbocycles. The number of hydrogen-bond donors (Lipinski definition) is 5. The predicted molar refractivity (Wildman–Crippen MR) is 380 cm³/mol. The number of benzene rings is 7. The number of sulfonamides is 1. The SMILES string of the molecule is C1OCC2OC12.CC(C)S(=O)(=O)N[C@@H]1COC[C@@H]1c1ccc(I)cc1.N[C@@H]1COC[C@@H]1c1ccc(I)cc1.N[C@@H]1COC[C@@H]1c1ccccc1.O=C1COCC1c1ccccc1.O[C@H]1COC[C@@H]1c1ccccc1.c1ccc(CN[C@@H]2COC[C@@H]2c2ccccc2)cc1. The zero-order chi connectivity index (χ0) is 65.4. The van der Waals surface area contributed by atoms with Crippen molar-refractivity contribution in [2.45, 2.75) is 104 Å². The van der Waals surface area contributed by atoms with Crippen LogP contribution < -0.4 is 21.5 Å². The van der Waals surface area contributed by atoms with Crippen molar-refractivity contribution in [3.8, 4) is 0 Å². The van der Waals surface area contributed by atoms with Gasteiger partial charge in [0.2, 0.25) is 10.0 Å². The number of carbonyl (C=O) groups is 1. The number of aliphatic hydroxyl groups is 1. The number of rotatable bonds is 12. The van der Waals surface area contributed by atoms with Gasteiger partial charge in [0.05, 0.1) is 109 Å². The standard InChI is InChI=1S/C17H19NO.C13H18INO3S.C10H12INO.C10H13NO.C10H12O2.C10H10O2.C4H6O2/c1-3-7-14(8-4-1)11-18-17-13-19-12-16(17)15-9-5-2-6-10-15;1-9(2)19(16,17)15-13-8-18-7-12(13)10-3-5-11(14)6-4-10;11-8-3-1-7(2-4-8)9-5-13-6-10(9)12;3*11-10-7-12-6-9(10)8-4-2-1-3-5-8;1-3-4(6-3)2-5-1/h1-10,16-18H,11-13H2;3-6,9,12-13,15H,7-8H2,1-2H3;1-4,9-10H,5-6,12H2;1-5,9-10H,6-7,11H2;1-5,9-11H,6-7H2;1-5,9H,6-7H2;3-4H,1-2H2/t16-,17-;12-,13-;2*9-,10-;9-,10+;;/m11111../s1. The molecule has 13 atom stereocenters. The number of carbonyl (C=O) groups excluding carboxylic acids is 1. The zero-order valence-corrected chi connectivity index (χ0v) is 58.1. The Kier molecular flexibility index (Phi) is 29.2. The molecule has 3 unspecified atom stereocenters. The Hall–Kier alpha value is -4.90. The number of ketones is 1. The van der Waals surface area contributed by atoms with Gasteiger partial charge in [0.15, 0.2) is 5.78 Å². The summed E-state index contributed by atoms with van der Waals surface area (Å²) < 4.78 is 71.1. The van der Waals surface area contributed by atoms with Crippen LogP contribution in [0.1, 0.15) is 88.3 Å². The maximum Gasteiger partial charge on any atom is 0.214 e. The normalized spacial score (nSPS) is 27.2. The number of ether oxygens (including phenoxy) is 8. The molecule has 7 aromatic rings. The molecule has 498 valence electrons. The van der Waals surface area contributed by atoms with E-state index in [1.165, 1.54) is 35.0 Å². The third-order valence-electron chi connectivity index (χ3n) is 17.5. The van der Waals surface area contributed by atoms with Gasteiger partial charge in [-0.3, -0.25) is 4.79 Å². The van der Waals surface area contributed by atoms with Crippen LogP contribution in [0.3, 0.4) is 0 Å². The largest absolute Gasteiger partial charge is 0.390 e. The molecule has 0 saturated carbocycles. The van der Waals surface area contributed by atoms with Crippen molar-refractivity contribution in [1.82, 2.24) is 10.0 Å². The van der Waals surface area contributed by atoms with Crippen molar-refractivity contribution in [3.05, 3.63) is 246 Å². The molecule has 8 heterocycles. The molecule has 0 spiro atoms. The van der Waals surface area contributed by atoms with Crippen LogP contribution in [0, 0.1) is 7.14 Å². The molecule has 0 bridgehead atoms. The number of epoxide rings is 1. The van der Waals surface area contributed by atoms with Gasteiger partial charge >= 0.3 is 0 Å². The first-order valence-electron chi connectivity index (χ1n) is 32.1. The van der Waals surface area contributed by atoms with Crippen LogP contribution in [0.2, 0.25) is 0 Å². The quantitative estimate of drug-likeness (QED) is 0.0567. The Labute approximate surface area is 576 Å². The van der Waals surface area contributed by atoms with Crippen molar-refractivity contribution >= 4 is 61.0 Å². The van der Waals surface area contributed by atoms with Crippen LogP contribution >= 0.6 is 45.2 Å². The van der Waals surface area contributed by atoms with Gasteiger partial charge in [-0.1, -0.05) is 176 Å². The maximum absolute atomic E-state index is 11.9. The van der Waals surface area contributed by atoms with E-state index in [1.54, 1.807) is 13.8 Å². The second kappa shape index (κ2) is 37.6. The monoisotopic (exact) mass is 1510 g/mol. The summed E-state index contributed by atoms with van der Waals surface area (Å²) in [5.74, 6) is 1.68. The molecule has 8 fully saturated rings. The number of nitrogens with one attached hydrogen (secondary N) is 2. The van der Waals surface area contributed by atoms with Crippen molar-refractivity contribution < 1.29 is 56.2 Å². The highest BCUT2D eigenvalue weighted by Crippen LogP contribution is 2.31. The van der Waals surface area contributed by atoms with Crippen LogP contribution in [0.15, 0.2) is 200 Å². The Bertz CT molecular complexity index is 3310. The predicted octanol–water partition coefficient (Wildman–Crippen LogP) is 10.2. The third kappa shape index (κ3) is 22.6. The molecule has 15 rings (SSSR count). The second-order valence-electron chi connectivity index (χ2n) is 24.4. The van der Waals surface area contributed by atoms with Gasteiger partial charge in [0, 0.05) is 61.4 Å². The van der Waals surface area contributed by atoms with E-state index < -0.39 is 15.3 Å². The molecule has 8 aliphatic heterocycles. The van der Waals surface area contributed by atoms with Crippen LogP contribution in [0.25, 0.3) is 0 Å². The van der Waals surface area contributed by atoms with E-state index in [-0.39, 0.29) is 54.4 Å². The molecular formula is C74H90I2N4O12S. The minimum Gasteiger partial charge on any atom is -0.390 e. The van der Waals surface area contributed by atoms with Gasteiger partial charge in [-0.25, -0.2) is 13.1 Å². The lowest BCUT2D eigenvalue weighted by Crippen LogP contribution is -2.42. The minimum atomic E-state index is -3.26. The number of hydrogen-bond acceptors (Lipinski definition) is 15. The van der Waals surface area contributed by atoms with E-state index in [0.29, 0.717) is 82.3 Å². The number of halogens is 2. The summed E-state index contributed by atoms with van der Waals surface area (Å²) >= 11 is 4.56. The molecule has 8 aliphatic rings. The summed E-state index contributed by atoms with van der Waals surface area (Å²) in [7, 11) is -3.26. The highest BCUT2D eigenvalue weighted by Gasteiger charge is 2.44. The smallest absolute Gasteiger partial charge is 0.214 e. The molecule has 0 aromatic heterocycles. The van der Waals surface area contributed by atoms with E-state index in [2.05, 4.69) is 152 Å². The Morgan fingerprint density at radius 1 is 0.441 bits per heavy atom. The fourth-order valence-corrected chi connectivity index (χ4v) is 13.3. The van der Waals surface area contributed by atoms with Crippen molar-refractivity contribution in [1.29, 1.82) is 0 Å². The lowest BCUT2D eigenvalue weighted by molar-refractivity contribution is -0.118. The van der Waals surface area contributed by atoms with E-state index >= 15 is 0 Å². The average Bonchev–Trinajstić information content (AvgIpc) is 1.79. The fourth-order valence-electron chi connectivity index (χ4n) is 11.7. The second-order valence-corrected chi connectivity index (χ2v) is 29.2. The highest BCUT2D eigenvalue weighted by molar-refractivity contribution is 14.1. The number of Topliss-reactive ketones (excluding diaryl/α,β-unsaturated/α-hetero) is 1. The van der Waals surface area contributed by atoms with Crippen molar-refractivity contribution in [3.63, 3.8) is 0 Å². The fraction of sp³-hybridized carbons (Fsp3) is 0.419. The molecule has 0 amide bonds. The summed E-state index contributed by atoms with van der Waals surface area (Å²) in [4.78, 5) is 11.2. The summed E-state index contributed by atoms with van der Waals surface area (Å²) in [6, 6.07) is 68.5. The first kappa shape index (κ1) is 72.4. The van der Waals surface area contributed by atoms with Crippen LogP contribution in [0.5, 0.6) is 0 Å². The summed E-state index contributed by atoms with van der Waals surface area (Å²) in [5.41, 5.74) is 20.4. The topological polar surface area (TPSA) is 225 Å². The van der Waals surface area contributed by atoms with E-state index in [9.17, 15) is 18.3 Å². The molecule has 0 aliphatic carbocycles. The Balaban J connectivity index is 0.000000130. The molecule has 16 nitrogen and oxygen atoms in total. The lowest BCUT2D eigenvalue weighted by Gasteiger charge is -2.20. The third-order valence-corrected chi connectivity index (χ3v) is 20.8. The summed E-state index contributed by atoms with van der Waals surface area (Å²) in [6.07, 6.45) is 0.655. The van der Waals surface area contributed by atoms with Gasteiger partial charge in [-0.2, -0.15) is 0 Å². The molecule has 0 radical (unpaired) electrons.